The highest BCUT2D eigenvalue weighted by atomic mass is 32.1. The third-order valence-corrected chi connectivity index (χ3v) is 1.49. The molecule has 0 bridgehead atoms. The molecule has 0 radical (unpaired) electrons. The molecule has 2 N–H and O–H groups in total. The topological polar surface area (TPSA) is 65.7 Å². The molecule has 5 heteroatoms. The van der Waals surface area contributed by atoms with Gasteiger partial charge in [0.2, 0.25) is 0 Å². The van der Waals surface area contributed by atoms with Crippen LogP contribution < -0.4 is 5.56 Å². The number of carbonyl (C=O) groups excluding carboxylic acids is 1. The molecule has 0 aromatic carbocycles. The fourth-order valence-corrected chi connectivity index (χ4v) is 0.854. The van der Waals surface area contributed by atoms with Gasteiger partial charge in [-0.2, -0.15) is 0 Å². The van der Waals surface area contributed by atoms with Crippen molar-refractivity contribution in [2.75, 3.05) is 0 Å². The molecule has 12 heavy (non-hydrogen) atoms. The Labute approximate surface area is 73.0 Å². The summed E-state index contributed by atoms with van der Waals surface area (Å²) in [6, 6.07) is 0. The fraction of sp³-hybridized carbons (Fsp3) is 0. The molecular weight excluding hydrogens is 176 g/mol. The largest absolute Gasteiger partial charge is 0.338 e. The van der Waals surface area contributed by atoms with Crippen LogP contribution >= 0.6 is 12.2 Å². The summed E-state index contributed by atoms with van der Waals surface area (Å²) in [5.41, 5.74) is -0.484. The van der Waals surface area contributed by atoms with Gasteiger partial charge in [-0.1, -0.05) is 6.58 Å². The number of hydrogen-bond acceptors (Lipinski definition) is 3. The van der Waals surface area contributed by atoms with Gasteiger partial charge in [0, 0.05) is 6.20 Å². The minimum atomic E-state index is -0.497. The first-order valence-electron chi connectivity index (χ1n) is 3.14. The van der Waals surface area contributed by atoms with E-state index < -0.39 is 11.3 Å². The van der Waals surface area contributed by atoms with E-state index in [9.17, 15) is 9.59 Å². The van der Waals surface area contributed by atoms with E-state index in [0.717, 1.165) is 6.08 Å². The van der Waals surface area contributed by atoms with Gasteiger partial charge < -0.3 is 4.98 Å². The van der Waals surface area contributed by atoms with Crippen LogP contribution in [0.15, 0.2) is 23.6 Å². The van der Waals surface area contributed by atoms with Crippen LogP contribution in [0.25, 0.3) is 0 Å². The maximum atomic E-state index is 11.0. The molecule has 0 saturated heterocycles. The Bertz CT molecular complexity index is 430. The second kappa shape index (κ2) is 3.27. The number of ketones is 1. The first kappa shape index (κ1) is 8.61. The van der Waals surface area contributed by atoms with Crippen LogP contribution in [0.4, 0.5) is 0 Å². The van der Waals surface area contributed by atoms with Crippen molar-refractivity contribution < 1.29 is 4.79 Å². The molecule has 0 aliphatic carbocycles. The van der Waals surface area contributed by atoms with Crippen molar-refractivity contribution in [2.45, 2.75) is 0 Å². The number of nitrogens with one attached hydrogen (secondary N) is 2. The lowest BCUT2D eigenvalue weighted by atomic mass is 10.2. The molecule has 1 aromatic heterocycles. The van der Waals surface area contributed by atoms with E-state index in [0.29, 0.717) is 0 Å². The van der Waals surface area contributed by atoms with Crippen LogP contribution in [0.3, 0.4) is 0 Å². The normalized spacial score (nSPS) is 9.33. The van der Waals surface area contributed by atoms with E-state index in [-0.39, 0.29) is 10.3 Å². The molecular formula is C7H6N2O2S. The molecule has 0 aliphatic rings. The van der Waals surface area contributed by atoms with Gasteiger partial charge in [0.1, 0.15) is 5.56 Å². The zero-order chi connectivity index (χ0) is 9.14. The summed E-state index contributed by atoms with van der Waals surface area (Å²) >= 11 is 4.63. The Morgan fingerprint density at radius 1 is 1.67 bits per heavy atom. The highest BCUT2D eigenvalue weighted by Crippen LogP contribution is 1.89. The third kappa shape index (κ3) is 1.57. The first-order chi connectivity index (χ1) is 5.65. The van der Waals surface area contributed by atoms with E-state index >= 15 is 0 Å². The van der Waals surface area contributed by atoms with Crippen LogP contribution in [0, 0.1) is 4.77 Å². The molecule has 0 amide bonds. The fourth-order valence-electron chi connectivity index (χ4n) is 0.703. The number of aromatic nitrogens is 2. The van der Waals surface area contributed by atoms with E-state index in [1.807, 2.05) is 0 Å². The summed E-state index contributed by atoms with van der Waals surface area (Å²) < 4.78 is 0.195. The summed E-state index contributed by atoms with van der Waals surface area (Å²) in [5.74, 6) is -0.428. The lowest BCUT2D eigenvalue weighted by molar-refractivity contribution is 0.104. The molecule has 1 aromatic rings. The molecule has 1 rings (SSSR count). The number of allylic oxidation sites excluding steroid dienone is 1. The molecule has 4 nitrogen and oxygen atoms in total. The number of rotatable bonds is 2. The predicted molar refractivity (Wildman–Crippen MR) is 46.8 cm³/mol. The second-order valence-electron chi connectivity index (χ2n) is 2.05. The zero-order valence-corrected chi connectivity index (χ0v) is 6.90. The quantitative estimate of drug-likeness (QED) is 0.404. The standard InChI is InChI=1S/C7H6N2O2S/c1-2-5(10)4-3-8-7(12)9-6(4)11/h2-3H,1H2,(H2,8,9,11,12). The molecule has 0 fully saturated rings. The van der Waals surface area contributed by atoms with Crippen LogP contribution in [0.5, 0.6) is 0 Å². The molecule has 0 aliphatic heterocycles. The van der Waals surface area contributed by atoms with Gasteiger partial charge >= 0.3 is 0 Å². The SMILES string of the molecule is C=CC(=O)c1c[nH]c(=S)[nH]c1=O. The van der Waals surface area contributed by atoms with Gasteiger partial charge in [0.15, 0.2) is 10.6 Å². The summed E-state index contributed by atoms with van der Waals surface area (Å²) in [5, 5.41) is 0. The van der Waals surface area contributed by atoms with Gasteiger partial charge in [-0.05, 0) is 18.3 Å². The number of hydrogen-bond donors (Lipinski definition) is 2. The Balaban J connectivity index is 3.37. The zero-order valence-electron chi connectivity index (χ0n) is 6.09. The third-order valence-electron chi connectivity index (χ3n) is 1.27. The van der Waals surface area contributed by atoms with E-state index in [4.69, 9.17) is 0 Å². The van der Waals surface area contributed by atoms with Crippen molar-refractivity contribution >= 4 is 18.0 Å². The van der Waals surface area contributed by atoms with E-state index in [2.05, 4.69) is 28.8 Å². The smallest absolute Gasteiger partial charge is 0.262 e. The maximum absolute atomic E-state index is 11.0. The number of carbonyl (C=O) groups is 1. The summed E-state index contributed by atoms with van der Waals surface area (Å²) in [6.45, 7) is 3.26. The van der Waals surface area contributed by atoms with Gasteiger partial charge in [-0.3, -0.25) is 14.6 Å². The average molecular weight is 182 g/mol. The van der Waals surface area contributed by atoms with Gasteiger partial charge in [-0.15, -0.1) is 0 Å². The average Bonchev–Trinajstić information content (AvgIpc) is 2.03. The lowest BCUT2D eigenvalue weighted by Gasteiger charge is -1.91. The molecule has 0 spiro atoms. The van der Waals surface area contributed by atoms with Crippen LogP contribution in [-0.2, 0) is 0 Å². The summed E-state index contributed by atoms with van der Waals surface area (Å²) in [4.78, 5) is 26.8. The highest BCUT2D eigenvalue weighted by Gasteiger charge is 2.04. The van der Waals surface area contributed by atoms with Crippen molar-refractivity contribution in [3.63, 3.8) is 0 Å². The predicted octanol–water partition coefficient (Wildman–Crippen LogP) is 0.801. The van der Waals surface area contributed by atoms with Crippen molar-refractivity contribution in [1.29, 1.82) is 0 Å². The Morgan fingerprint density at radius 3 is 2.83 bits per heavy atom. The molecule has 0 atom stereocenters. The summed E-state index contributed by atoms with van der Waals surface area (Å²) in [6.07, 6.45) is 2.34. The lowest BCUT2D eigenvalue weighted by Crippen LogP contribution is -2.16. The molecule has 0 saturated carbocycles. The minimum Gasteiger partial charge on any atom is -0.338 e. The van der Waals surface area contributed by atoms with E-state index in [1.54, 1.807) is 0 Å². The molecule has 62 valence electrons. The van der Waals surface area contributed by atoms with Crippen molar-refractivity contribution in [3.05, 3.63) is 39.5 Å². The molecule has 0 unspecified atom stereocenters. The minimum absolute atomic E-state index is 0.0126. The second-order valence-corrected chi connectivity index (χ2v) is 2.46. The van der Waals surface area contributed by atoms with Gasteiger partial charge in [0.25, 0.3) is 5.56 Å². The monoisotopic (exact) mass is 182 g/mol. The first-order valence-corrected chi connectivity index (χ1v) is 3.54. The Kier molecular flexibility index (Phi) is 2.35. The molecule has 1 heterocycles. The van der Waals surface area contributed by atoms with E-state index in [1.165, 1.54) is 6.20 Å². The van der Waals surface area contributed by atoms with Gasteiger partial charge in [-0.25, -0.2) is 0 Å². The van der Waals surface area contributed by atoms with Crippen molar-refractivity contribution in [2.24, 2.45) is 0 Å². The Morgan fingerprint density at radius 2 is 2.33 bits per heavy atom. The van der Waals surface area contributed by atoms with Crippen molar-refractivity contribution in [1.82, 2.24) is 9.97 Å². The highest BCUT2D eigenvalue weighted by molar-refractivity contribution is 7.71. The van der Waals surface area contributed by atoms with Crippen molar-refractivity contribution in [3.8, 4) is 0 Å². The maximum Gasteiger partial charge on any atom is 0.262 e. The number of H-pyrrole nitrogens is 2. The van der Waals surface area contributed by atoms with Crippen LogP contribution in [0.2, 0.25) is 0 Å². The summed E-state index contributed by atoms with van der Waals surface area (Å²) in [7, 11) is 0. The van der Waals surface area contributed by atoms with Crippen LogP contribution in [0.1, 0.15) is 10.4 Å². The van der Waals surface area contributed by atoms with Gasteiger partial charge in [0.05, 0.1) is 0 Å². The Hall–Kier alpha value is -1.49. The van der Waals surface area contributed by atoms with Crippen LogP contribution in [-0.4, -0.2) is 15.8 Å². The number of aromatic amines is 2.